The highest BCUT2D eigenvalue weighted by Crippen LogP contribution is 2.41. The Morgan fingerprint density at radius 1 is 1.43 bits per heavy atom. The molecular weight excluding hydrogens is 261 g/mol. The molecule has 0 spiro atoms. The number of alkyl halides is 4. The molecule has 14 heavy (non-hydrogen) atoms. The average molecular weight is 275 g/mol. The van der Waals surface area contributed by atoms with Crippen LogP contribution in [0, 0.1) is 0 Å². The first-order valence-corrected chi connectivity index (χ1v) is 5.06. The zero-order valence-electron chi connectivity index (χ0n) is 8.25. The van der Waals surface area contributed by atoms with Gasteiger partial charge in [0.1, 0.15) is 0 Å². The highest BCUT2D eigenvalue weighted by molar-refractivity contribution is 9.10. The van der Waals surface area contributed by atoms with Gasteiger partial charge in [-0.25, -0.2) is 13.2 Å². The van der Waals surface area contributed by atoms with E-state index in [-0.39, 0.29) is 12.8 Å². The number of hydrogen-bond donors (Lipinski definition) is 0. The summed E-state index contributed by atoms with van der Waals surface area (Å²) in [7, 11) is 0. The first-order chi connectivity index (χ1) is 6.20. The standard InChI is InChI=1S/C9H14BrF3O/c1-4-14-7(2)5-6-9(10,13)8(3,11)12/h2,4-6H2,1,3H3. The Bertz CT molecular complexity index is 199. The zero-order chi connectivity index (χ0) is 11.4. The van der Waals surface area contributed by atoms with Crippen molar-refractivity contribution in [3.05, 3.63) is 12.3 Å². The molecule has 0 saturated carbocycles. The summed E-state index contributed by atoms with van der Waals surface area (Å²) in [5.74, 6) is -3.10. The molecular formula is C9H14BrF3O. The van der Waals surface area contributed by atoms with Crippen LogP contribution in [0.1, 0.15) is 26.7 Å². The van der Waals surface area contributed by atoms with Gasteiger partial charge in [0.2, 0.25) is 4.58 Å². The van der Waals surface area contributed by atoms with Crippen LogP contribution < -0.4 is 0 Å². The molecule has 0 aromatic carbocycles. The second-order valence-electron chi connectivity index (χ2n) is 3.06. The number of hydrogen-bond acceptors (Lipinski definition) is 1. The van der Waals surface area contributed by atoms with Crippen molar-refractivity contribution in [1.29, 1.82) is 0 Å². The molecule has 1 nitrogen and oxygen atoms in total. The van der Waals surface area contributed by atoms with Crippen molar-refractivity contribution >= 4 is 15.9 Å². The van der Waals surface area contributed by atoms with Crippen molar-refractivity contribution in [2.24, 2.45) is 0 Å². The molecule has 0 rings (SSSR count). The second kappa shape index (κ2) is 5.05. The Kier molecular flexibility index (Phi) is 4.98. The molecule has 0 aliphatic rings. The van der Waals surface area contributed by atoms with E-state index in [1.807, 2.05) is 0 Å². The van der Waals surface area contributed by atoms with Crippen molar-refractivity contribution < 1.29 is 17.9 Å². The van der Waals surface area contributed by atoms with Gasteiger partial charge in [0.15, 0.2) is 0 Å². The maximum absolute atomic E-state index is 13.3. The number of allylic oxidation sites excluding steroid dienone is 1. The number of halogens is 4. The molecule has 0 radical (unpaired) electrons. The van der Waals surface area contributed by atoms with E-state index in [9.17, 15) is 13.2 Å². The van der Waals surface area contributed by atoms with Crippen LogP contribution in [-0.4, -0.2) is 17.1 Å². The predicted molar refractivity (Wildman–Crippen MR) is 53.4 cm³/mol. The molecule has 0 aromatic heterocycles. The van der Waals surface area contributed by atoms with Crippen molar-refractivity contribution in [1.82, 2.24) is 0 Å². The molecule has 84 valence electrons. The van der Waals surface area contributed by atoms with Crippen molar-refractivity contribution in [3.63, 3.8) is 0 Å². The Morgan fingerprint density at radius 2 is 1.93 bits per heavy atom. The highest BCUT2D eigenvalue weighted by Gasteiger charge is 2.48. The lowest BCUT2D eigenvalue weighted by Crippen LogP contribution is -2.35. The Balaban J connectivity index is 4.06. The van der Waals surface area contributed by atoms with Gasteiger partial charge in [-0.2, -0.15) is 0 Å². The van der Waals surface area contributed by atoms with Crippen LogP contribution in [-0.2, 0) is 4.74 Å². The number of ether oxygens (including phenoxy) is 1. The maximum Gasteiger partial charge on any atom is 0.288 e. The van der Waals surface area contributed by atoms with Gasteiger partial charge < -0.3 is 4.74 Å². The van der Waals surface area contributed by atoms with Crippen LogP contribution >= 0.6 is 15.9 Å². The summed E-state index contributed by atoms with van der Waals surface area (Å²) >= 11 is 2.37. The van der Waals surface area contributed by atoms with Gasteiger partial charge in [-0.3, -0.25) is 0 Å². The summed E-state index contributed by atoms with van der Waals surface area (Å²) in [5.41, 5.74) is 0. The van der Waals surface area contributed by atoms with Crippen LogP contribution in [0.25, 0.3) is 0 Å². The fraction of sp³-hybridized carbons (Fsp3) is 0.778. The maximum atomic E-state index is 13.3. The van der Waals surface area contributed by atoms with E-state index in [0.717, 1.165) is 0 Å². The minimum atomic E-state index is -3.42. The fourth-order valence-electron chi connectivity index (χ4n) is 0.792. The minimum absolute atomic E-state index is 0.0685. The minimum Gasteiger partial charge on any atom is -0.499 e. The summed E-state index contributed by atoms with van der Waals surface area (Å²) in [6.07, 6.45) is -0.297. The average Bonchev–Trinajstić information content (AvgIpc) is 1.99. The van der Waals surface area contributed by atoms with E-state index in [1.54, 1.807) is 6.92 Å². The second-order valence-corrected chi connectivity index (χ2v) is 4.32. The Morgan fingerprint density at radius 3 is 2.29 bits per heavy atom. The highest BCUT2D eigenvalue weighted by atomic mass is 79.9. The molecule has 0 bridgehead atoms. The first-order valence-electron chi connectivity index (χ1n) is 4.27. The molecule has 0 aliphatic carbocycles. The van der Waals surface area contributed by atoms with Crippen LogP contribution in [0.4, 0.5) is 13.2 Å². The third-order valence-corrected chi connectivity index (χ3v) is 2.80. The molecule has 1 atom stereocenters. The van der Waals surface area contributed by atoms with Gasteiger partial charge in [0.05, 0.1) is 12.4 Å². The molecule has 5 heteroatoms. The van der Waals surface area contributed by atoms with E-state index in [4.69, 9.17) is 4.74 Å². The van der Waals surface area contributed by atoms with Gasteiger partial charge in [-0.15, -0.1) is 0 Å². The summed E-state index contributed by atoms with van der Waals surface area (Å²) in [6.45, 7) is 6.16. The van der Waals surface area contributed by atoms with Crippen LogP contribution in [0.3, 0.4) is 0 Å². The summed E-state index contributed by atoms with van der Waals surface area (Å²) in [6, 6.07) is 0. The van der Waals surface area contributed by atoms with Crippen molar-refractivity contribution in [3.8, 4) is 0 Å². The van der Waals surface area contributed by atoms with E-state index in [1.165, 1.54) is 0 Å². The lowest BCUT2D eigenvalue weighted by Gasteiger charge is -2.25. The summed E-state index contributed by atoms with van der Waals surface area (Å²) < 4.78 is 40.8. The largest absolute Gasteiger partial charge is 0.499 e. The zero-order valence-corrected chi connectivity index (χ0v) is 9.83. The monoisotopic (exact) mass is 274 g/mol. The van der Waals surface area contributed by atoms with Gasteiger partial charge in [0.25, 0.3) is 5.92 Å². The Labute approximate surface area is 90.4 Å². The topological polar surface area (TPSA) is 9.23 Å². The molecule has 0 saturated heterocycles. The normalized spacial score (nSPS) is 16.1. The predicted octanol–water partition coefficient (Wildman–Crippen LogP) is 4.03. The van der Waals surface area contributed by atoms with E-state index < -0.39 is 10.5 Å². The third-order valence-electron chi connectivity index (χ3n) is 1.71. The third kappa shape index (κ3) is 4.35. The Hall–Kier alpha value is -0.190. The van der Waals surface area contributed by atoms with Crippen LogP contribution in [0.2, 0.25) is 0 Å². The molecule has 0 heterocycles. The SMILES string of the molecule is C=C(CCC(F)(Br)C(C)(F)F)OCC. The molecule has 0 aromatic rings. The van der Waals surface area contributed by atoms with E-state index >= 15 is 0 Å². The lowest BCUT2D eigenvalue weighted by atomic mass is 10.1. The molecule has 0 N–H and O–H groups in total. The summed E-state index contributed by atoms with van der Waals surface area (Å²) in [5, 5.41) is 0. The van der Waals surface area contributed by atoms with Gasteiger partial charge in [-0.05, 0) is 22.9 Å². The van der Waals surface area contributed by atoms with Crippen molar-refractivity contribution in [2.75, 3.05) is 6.61 Å². The first kappa shape index (κ1) is 13.8. The van der Waals surface area contributed by atoms with Crippen LogP contribution in [0.5, 0.6) is 0 Å². The van der Waals surface area contributed by atoms with Gasteiger partial charge in [-0.1, -0.05) is 6.58 Å². The summed E-state index contributed by atoms with van der Waals surface area (Å²) in [4.78, 5) is 0. The van der Waals surface area contributed by atoms with Gasteiger partial charge >= 0.3 is 0 Å². The van der Waals surface area contributed by atoms with Crippen molar-refractivity contribution in [2.45, 2.75) is 37.2 Å². The van der Waals surface area contributed by atoms with E-state index in [0.29, 0.717) is 19.3 Å². The smallest absolute Gasteiger partial charge is 0.288 e. The lowest BCUT2D eigenvalue weighted by molar-refractivity contribution is -0.0738. The molecule has 0 amide bonds. The molecule has 1 unspecified atom stereocenters. The molecule has 0 aliphatic heterocycles. The fourth-order valence-corrected chi connectivity index (χ4v) is 0.990. The quantitative estimate of drug-likeness (QED) is 0.525. The van der Waals surface area contributed by atoms with E-state index in [2.05, 4.69) is 22.5 Å². The van der Waals surface area contributed by atoms with Gasteiger partial charge in [0, 0.05) is 19.8 Å². The van der Waals surface area contributed by atoms with Crippen LogP contribution in [0.15, 0.2) is 12.3 Å². The molecule has 0 fully saturated rings. The number of rotatable bonds is 6.